The van der Waals surface area contributed by atoms with Crippen LogP contribution in [0.5, 0.6) is 0 Å². The molecular weight excluding hydrogens is 214 g/mol. The normalized spacial score (nSPS) is 12.3. The molecule has 0 bridgehead atoms. The second-order valence-electron chi connectivity index (χ2n) is 4.17. The maximum absolute atomic E-state index is 11.9. The van der Waals surface area contributed by atoms with E-state index in [0.29, 0.717) is 5.76 Å². The summed E-state index contributed by atoms with van der Waals surface area (Å²) in [6, 6.07) is 11.8. The smallest absolute Gasteiger partial charge is 0.203 e. The van der Waals surface area contributed by atoms with Crippen molar-refractivity contribution in [2.24, 2.45) is 5.92 Å². The molecule has 0 aliphatic rings. The SMILES string of the molecule is C[C@@H](CCc1ccccc1)C(=O)c1ccno1. The summed E-state index contributed by atoms with van der Waals surface area (Å²) in [5.74, 6) is 0.340. The zero-order valence-electron chi connectivity index (χ0n) is 9.80. The zero-order chi connectivity index (χ0) is 12.1. The molecule has 1 aromatic heterocycles. The van der Waals surface area contributed by atoms with Gasteiger partial charge < -0.3 is 4.52 Å². The molecule has 0 unspecified atom stereocenters. The number of benzene rings is 1. The summed E-state index contributed by atoms with van der Waals surface area (Å²) in [6.45, 7) is 1.92. The van der Waals surface area contributed by atoms with Gasteiger partial charge in [-0.1, -0.05) is 42.4 Å². The molecule has 0 saturated carbocycles. The maximum Gasteiger partial charge on any atom is 0.203 e. The molecule has 0 spiro atoms. The molecule has 1 atom stereocenters. The summed E-state index contributed by atoms with van der Waals surface area (Å²) in [7, 11) is 0. The Balaban J connectivity index is 1.90. The second kappa shape index (κ2) is 5.43. The van der Waals surface area contributed by atoms with Gasteiger partial charge in [0.15, 0.2) is 0 Å². The number of carbonyl (C=O) groups excluding carboxylic acids is 1. The van der Waals surface area contributed by atoms with Crippen LogP contribution in [0.15, 0.2) is 47.1 Å². The number of hydrogen-bond donors (Lipinski definition) is 0. The Hall–Kier alpha value is -1.90. The first kappa shape index (κ1) is 11.6. The van der Waals surface area contributed by atoms with Gasteiger partial charge in [0.2, 0.25) is 11.5 Å². The molecule has 17 heavy (non-hydrogen) atoms. The molecule has 0 aliphatic carbocycles. The Kier molecular flexibility index (Phi) is 3.70. The van der Waals surface area contributed by atoms with Gasteiger partial charge in [-0.25, -0.2) is 0 Å². The fourth-order valence-corrected chi connectivity index (χ4v) is 1.74. The van der Waals surface area contributed by atoms with Crippen LogP contribution in [-0.4, -0.2) is 10.9 Å². The van der Waals surface area contributed by atoms with Gasteiger partial charge in [-0.05, 0) is 18.4 Å². The van der Waals surface area contributed by atoms with Crippen LogP contribution >= 0.6 is 0 Å². The Morgan fingerprint density at radius 1 is 1.29 bits per heavy atom. The van der Waals surface area contributed by atoms with Crippen LogP contribution in [-0.2, 0) is 6.42 Å². The Morgan fingerprint density at radius 2 is 2.06 bits per heavy atom. The minimum absolute atomic E-state index is 0.0263. The van der Waals surface area contributed by atoms with Crippen molar-refractivity contribution >= 4 is 5.78 Å². The molecule has 1 heterocycles. The lowest BCUT2D eigenvalue weighted by Crippen LogP contribution is -2.11. The number of hydrogen-bond acceptors (Lipinski definition) is 3. The highest BCUT2D eigenvalue weighted by molar-refractivity contribution is 5.94. The molecule has 2 aromatic rings. The summed E-state index contributed by atoms with van der Waals surface area (Å²) in [5.41, 5.74) is 1.25. The molecule has 0 saturated heterocycles. The van der Waals surface area contributed by atoms with E-state index in [0.717, 1.165) is 12.8 Å². The van der Waals surface area contributed by atoms with E-state index in [-0.39, 0.29) is 11.7 Å². The largest absolute Gasteiger partial charge is 0.353 e. The molecule has 0 amide bonds. The predicted octanol–water partition coefficient (Wildman–Crippen LogP) is 3.13. The molecule has 3 nitrogen and oxygen atoms in total. The lowest BCUT2D eigenvalue weighted by atomic mass is 9.96. The van der Waals surface area contributed by atoms with Crippen LogP contribution in [0, 0.1) is 5.92 Å². The number of aromatic nitrogens is 1. The van der Waals surface area contributed by atoms with Crippen molar-refractivity contribution in [3.05, 3.63) is 53.9 Å². The fourth-order valence-electron chi connectivity index (χ4n) is 1.74. The van der Waals surface area contributed by atoms with E-state index in [4.69, 9.17) is 4.52 Å². The molecule has 0 aliphatic heterocycles. The highest BCUT2D eigenvalue weighted by Crippen LogP contribution is 2.14. The quantitative estimate of drug-likeness (QED) is 0.740. The van der Waals surface area contributed by atoms with Crippen molar-refractivity contribution in [2.75, 3.05) is 0 Å². The molecule has 0 N–H and O–H groups in total. The molecule has 0 fully saturated rings. The fraction of sp³-hybridized carbons (Fsp3) is 0.286. The van der Waals surface area contributed by atoms with Gasteiger partial charge in [0.25, 0.3) is 0 Å². The third kappa shape index (κ3) is 3.03. The van der Waals surface area contributed by atoms with E-state index in [2.05, 4.69) is 17.3 Å². The van der Waals surface area contributed by atoms with Gasteiger partial charge in [0.05, 0.1) is 6.20 Å². The maximum atomic E-state index is 11.9. The predicted molar refractivity (Wildman–Crippen MR) is 64.8 cm³/mol. The molecule has 0 radical (unpaired) electrons. The minimum atomic E-state index is -0.0387. The molecule has 1 aromatic carbocycles. The monoisotopic (exact) mass is 229 g/mol. The van der Waals surface area contributed by atoms with Gasteiger partial charge in [-0.2, -0.15) is 0 Å². The summed E-state index contributed by atoms with van der Waals surface area (Å²) in [5, 5.41) is 3.55. The van der Waals surface area contributed by atoms with Gasteiger partial charge >= 0.3 is 0 Å². The standard InChI is InChI=1S/C14H15NO2/c1-11(14(16)13-9-10-15-17-13)7-8-12-5-3-2-4-6-12/h2-6,9-11H,7-8H2,1H3/t11-/m0/s1. The Bertz CT molecular complexity index is 462. The van der Waals surface area contributed by atoms with E-state index < -0.39 is 0 Å². The first-order valence-electron chi connectivity index (χ1n) is 5.76. The second-order valence-corrected chi connectivity index (χ2v) is 4.17. The first-order chi connectivity index (χ1) is 8.27. The third-order valence-electron chi connectivity index (χ3n) is 2.84. The van der Waals surface area contributed by atoms with Crippen LogP contribution in [0.25, 0.3) is 0 Å². The number of Topliss-reactive ketones (excluding diaryl/α,β-unsaturated/α-hetero) is 1. The van der Waals surface area contributed by atoms with Crippen LogP contribution in [0.1, 0.15) is 29.5 Å². The van der Waals surface area contributed by atoms with Crippen LogP contribution in [0.2, 0.25) is 0 Å². The highest BCUT2D eigenvalue weighted by Gasteiger charge is 2.18. The average Bonchev–Trinajstić information content (AvgIpc) is 2.90. The number of rotatable bonds is 5. The van der Waals surface area contributed by atoms with E-state index in [1.807, 2.05) is 25.1 Å². The summed E-state index contributed by atoms with van der Waals surface area (Å²) < 4.78 is 4.87. The molecular formula is C14H15NO2. The Labute approximate surface area is 100 Å². The van der Waals surface area contributed by atoms with Crippen molar-refractivity contribution in [1.29, 1.82) is 0 Å². The van der Waals surface area contributed by atoms with Crippen molar-refractivity contribution in [3.63, 3.8) is 0 Å². The van der Waals surface area contributed by atoms with Crippen molar-refractivity contribution in [2.45, 2.75) is 19.8 Å². The molecule has 2 rings (SSSR count). The van der Waals surface area contributed by atoms with Gasteiger partial charge in [-0.3, -0.25) is 4.79 Å². The zero-order valence-corrected chi connectivity index (χ0v) is 9.80. The van der Waals surface area contributed by atoms with Gasteiger partial charge in [-0.15, -0.1) is 0 Å². The average molecular weight is 229 g/mol. The lowest BCUT2D eigenvalue weighted by molar-refractivity contribution is 0.0886. The van der Waals surface area contributed by atoms with Crippen LogP contribution in [0.3, 0.4) is 0 Å². The lowest BCUT2D eigenvalue weighted by Gasteiger charge is -2.07. The van der Waals surface area contributed by atoms with Crippen molar-refractivity contribution in [3.8, 4) is 0 Å². The molecule has 3 heteroatoms. The van der Waals surface area contributed by atoms with E-state index in [1.54, 1.807) is 6.07 Å². The number of ketones is 1. The van der Waals surface area contributed by atoms with E-state index in [1.165, 1.54) is 11.8 Å². The molecule has 88 valence electrons. The van der Waals surface area contributed by atoms with Gasteiger partial charge in [0, 0.05) is 12.0 Å². The number of nitrogens with zero attached hydrogens (tertiary/aromatic N) is 1. The van der Waals surface area contributed by atoms with E-state index >= 15 is 0 Å². The number of carbonyl (C=O) groups is 1. The Morgan fingerprint density at radius 3 is 2.71 bits per heavy atom. The minimum Gasteiger partial charge on any atom is -0.353 e. The third-order valence-corrected chi connectivity index (χ3v) is 2.84. The van der Waals surface area contributed by atoms with Gasteiger partial charge in [0.1, 0.15) is 0 Å². The first-order valence-corrected chi connectivity index (χ1v) is 5.76. The topological polar surface area (TPSA) is 43.1 Å². The van der Waals surface area contributed by atoms with Crippen LogP contribution < -0.4 is 0 Å². The van der Waals surface area contributed by atoms with Crippen molar-refractivity contribution < 1.29 is 9.32 Å². The summed E-state index contributed by atoms with van der Waals surface area (Å²) >= 11 is 0. The van der Waals surface area contributed by atoms with E-state index in [9.17, 15) is 4.79 Å². The summed E-state index contributed by atoms with van der Waals surface area (Å²) in [6.07, 6.45) is 3.22. The van der Waals surface area contributed by atoms with Crippen LogP contribution in [0.4, 0.5) is 0 Å². The number of aryl methyl sites for hydroxylation is 1. The highest BCUT2D eigenvalue weighted by atomic mass is 16.5. The van der Waals surface area contributed by atoms with Crippen molar-refractivity contribution in [1.82, 2.24) is 5.16 Å². The summed E-state index contributed by atoms with van der Waals surface area (Å²) in [4.78, 5) is 11.9.